The van der Waals surface area contributed by atoms with Crippen molar-refractivity contribution in [1.82, 2.24) is 5.32 Å². The van der Waals surface area contributed by atoms with Gasteiger partial charge in [0.1, 0.15) is 6.04 Å². The number of hydrogen-bond donors (Lipinski definition) is 2. The van der Waals surface area contributed by atoms with Crippen LogP contribution in [-0.2, 0) is 4.79 Å². The molecule has 0 unspecified atom stereocenters. The predicted molar refractivity (Wildman–Crippen MR) is 76.5 cm³/mol. The molecule has 0 saturated heterocycles. The van der Waals surface area contributed by atoms with E-state index in [1.54, 1.807) is 0 Å². The van der Waals surface area contributed by atoms with E-state index in [1.807, 2.05) is 6.92 Å². The number of nitro groups is 1. The Morgan fingerprint density at radius 3 is 2.62 bits per heavy atom. The van der Waals surface area contributed by atoms with Gasteiger partial charge in [0.2, 0.25) is 0 Å². The van der Waals surface area contributed by atoms with Gasteiger partial charge in [0.25, 0.3) is 11.6 Å². The van der Waals surface area contributed by atoms with Crippen molar-refractivity contribution >= 4 is 29.2 Å². The highest BCUT2D eigenvalue weighted by Crippen LogP contribution is 2.21. The number of non-ortho nitro benzene ring substituents is 1. The van der Waals surface area contributed by atoms with Crippen LogP contribution >= 0.6 is 11.6 Å². The lowest BCUT2D eigenvalue weighted by Crippen LogP contribution is -2.40. The number of nitrogens with one attached hydrogen (secondary N) is 1. The van der Waals surface area contributed by atoms with Crippen molar-refractivity contribution in [1.29, 1.82) is 0 Å². The van der Waals surface area contributed by atoms with Gasteiger partial charge in [-0.05, 0) is 12.5 Å². The molecule has 0 aromatic heterocycles. The topological polar surface area (TPSA) is 110 Å². The second-order valence-electron chi connectivity index (χ2n) is 4.46. The molecule has 0 spiro atoms. The van der Waals surface area contributed by atoms with Gasteiger partial charge in [-0.3, -0.25) is 14.9 Å². The van der Waals surface area contributed by atoms with E-state index in [0.29, 0.717) is 12.8 Å². The van der Waals surface area contributed by atoms with E-state index in [0.717, 1.165) is 18.6 Å². The number of carboxylic acid groups (broad SMARTS) is 1. The molecule has 8 heteroatoms. The number of carboxylic acids is 1. The molecule has 7 nitrogen and oxygen atoms in total. The molecule has 2 N–H and O–H groups in total. The van der Waals surface area contributed by atoms with Gasteiger partial charge in [-0.15, -0.1) is 0 Å². The van der Waals surface area contributed by atoms with Crippen LogP contribution in [0.5, 0.6) is 0 Å². The molecule has 0 heterocycles. The normalized spacial score (nSPS) is 11.7. The Morgan fingerprint density at radius 2 is 2.10 bits per heavy atom. The Balaban J connectivity index is 2.92. The molecule has 1 atom stereocenters. The van der Waals surface area contributed by atoms with Crippen molar-refractivity contribution in [3.8, 4) is 0 Å². The maximum atomic E-state index is 12.0. The molecular weight excluding hydrogens is 300 g/mol. The van der Waals surface area contributed by atoms with Crippen molar-refractivity contribution in [3.05, 3.63) is 38.9 Å². The van der Waals surface area contributed by atoms with Crippen LogP contribution in [0, 0.1) is 10.1 Å². The summed E-state index contributed by atoms with van der Waals surface area (Å²) in [5.74, 6) is -1.85. The zero-order valence-electron chi connectivity index (χ0n) is 11.3. The van der Waals surface area contributed by atoms with Crippen LogP contribution < -0.4 is 5.32 Å². The molecule has 0 radical (unpaired) electrons. The SMILES string of the molecule is CCCC[C@H](NC(=O)c1cc(Cl)cc([N+](=O)[O-])c1)C(=O)O. The van der Waals surface area contributed by atoms with Gasteiger partial charge in [0.05, 0.1) is 4.92 Å². The van der Waals surface area contributed by atoms with Crippen LogP contribution in [-0.4, -0.2) is 27.9 Å². The Kier molecular flexibility index (Phi) is 6.10. The molecule has 0 aliphatic carbocycles. The number of halogens is 1. The zero-order chi connectivity index (χ0) is 16.0. The first kappa shape index (κ1) is 16.9. The summed E-state index contributed by atoms with van der Waals surface area (Å²) < 4.78 is 0. The molecule has 0 bridgehead atoms. The van der Waals surface area contributed by atoms with Gasteiger partial charge in [-0.1, -0.05) is 31.4 Å². The minimum absolute atomic E-state index is 0.0368. The lowest BCUT2D eigenvalue weighted by Gasteiger charge is -2.14. The van der Waals surface area contributed by atoms with E-state index in [9.17, 15) is 19.7 Å². The van der Waals surface area contributed by atoms with Gasteiger partial charge < -0.3 is 10.4 Å². The first-order valence-electron chi connectivity index (χ1n) is 6.33. The number of unbranched alkanes of at least 4 members (excludes halogenated alkanes) is 1. The maximum absolute atomic E-state index is 12.0. The zero-order valence-corrected chi connectivity index (χ0v) is 12.1. The van der Waals surface area contributed by atoms with Gasteiger partial charge in [0.15, 0.2) is 0 Å². The number of nitro benzene ring substituents is 1. The van der Waals surface area contributed by atoms with Crippen LogP contribution in [0.2, 0.25) is 5.02 Å². The number of hydrogen-bond acceptors (Lipinski definition) is 4. The fourth-order valence-corrected chi connectivity index (χ4v) is 1.95. The highest BCUT2D eigenvalue weighted by atomic mass is 35.5. The number of aliphatic carboxylic acids is 1. The quantitative estimate of drug-likeness (QED) is 0.594. The van der Waals surface area contributed by atoms with Crippen LogP contribution in [0.1, 0.15) is 36.5 Å². The summed E-state index contributed by atoms with van der Waals surface area (Å²) in [6.07, 6.45) is 1.73. The van der Waals surface area contributed by atoms with Crippen molar-refractivity contribution in [2.75, 3.05) is 0 Å². The van der Waals surface area contributed by atoms with Gasteiger partial charge >= 0.3 is 5.97 Å². The Labute approximate surface area is 126 Å². The van der Waals surface area contributed by atoms with Crippen LogP contribution in [0.4, 0.5) is 5.69 Å². The highest BCUT2D eigenvalue weighted by molar-refractivity contribution is 6.31. The molecular formula is C13H15ClN2O5. The number of rotatable bonds is 7. The maximum Gasteiger partial charge on any atom is 0.326 e. The minimum Gasteiger partial charge on any atom is -0.480 e. The summed E-state index contributed by atoms with van der Waals surface area (Å²) in [5.41, 5.74) is -0.370. The second-order valence-corrected chi connectivity index (χ2v) is 4.90. The molecule has 0 aliphatic heterocycles. The Bertz CT molecular complexity index is 561. The standard InChI is InChI=1S/C13H15ClN2O5/c1-2-3-4-11(13(18)19)15-12(17)8-5-9(14)7-10(6-8)16(20)21/h5-7,11H,2-4H2,1H3,(H,15,17)(H,18,19)/t11-/m0/s1. The minimum atomic E-state index is -1.15. The van der Waals surface area contributed by atoms with Gasteiger partial charge in [-0.25, -0.2) is 4.79 Å². The van der Waals surface area contributed by atoms with E-state index in [4.69, 9.17) is 16.7 Å². The van der Waals surface area contributed by atoms with Crippen LogP contribution in [0.15, 0.2) is 18.2 Å². The third kappa shape index (κ3) is 5.03. The third-order valence-electron chi connectivity index (χ3n) is 2.81. The third-order valence-corrected chi connectivity index (χ3v) is 3.02. The summed E-state index contributed by atoms with van der Waals surface area (Å²) >= 11 is 5.72. The number of nitrogens with zero attached hydrogens (tertiary/aromatic N) is 1. The lowest BCUT2D eigenvalue weighted by molar-refractivity contribution is -0.384. The summed E-state index contributed by atoms with van der Waals surface area (Å²) in [7, 11) is 0. The van der Waals surface area contributed by atoms with Crippen LogP contribution in [0.3, 0.4) is 0 Å². The van der Waals surface area contributed by atoms with E-state index in [1.165, 1.54) is 6.07 Å². The summed E-state index contributed by atoms with van der Waals surface area (Å²) in [4.78, 5) is 33.1. The lowest BCUT2D eigenvalue weighted by atomic mass is 10.1. The molecule has 1 aromatic rings. The first-order chi connectivity index (χ1) is 9.85. The molecule has 0 aliphatic rings. The van der Waals surface area contributed by atoms with E-state index < -0.39 is 22.8 Å². The Morgan fingerprint density at radius 1 is 1.43 bits per heavy atom. The number of carbonyl (C=O) groups is 2. The van der Waals surface area contributed by atoms with E-state index >= 15 is 0 Å². The molecule has 0 saturated carbocycles. The van der Waals surface area contributed by atoms with Crippen LogP contribution in [0.25, 0.3) is 0 Å². The van der Waals surface area contributed by atoms with E-state index in [-0.39, 0.29) is 16.3 Å². The predicted octanol–water partition coefficient (Wildman–Crippen LogP) is 2.62. The monoisotopic (exact) mass is 314 g/mol. The molecule has 0 fully saturated rings. The summed E-state index contributed by atoms with van der Waals surface area (Å²) in [5, 5.41) is 22.1. The number of amides is 1. The number of carbonyl (C=O) groups excluding carboxylic acids is 1. The smallest absolute Gasteiger partial charge is 0.326 e. The average Bonchev–Trinajstić information content (AvgIpc) is 2.42. The molecule has 1 rings (SSSR count). The van der Waals surface area contributed by atoms with Crippen molar-refractivity contribution in [3.63, 3.8) is 0 Å². The molecule has 1 aromatic carbocycles. The van der Waals surface area contributed by atoms with Crippen molar-refractivity contribution in [2.45, 2.75) is 32.2 Å². The Hall–Kier alpha value is -2.15. The second kappa shape index (κ2) is 7.58. The van der Waals surface area contributed by atoms with Gasteiger partial charge in [-0.2, -0.15) is 0 Å². The van der Waals surface area contributed by atoms with Crippen molar-refractivity contribution in [2.24, 2.45) is 0 Å². The molecule has 1 amide bonds. The molecule has 114 valence electrons. The largest absolute Gasteiger partial charge is 0.480 e. The summed E-state index contributed by atoms with van der Waals surface area (Å²) in [6.45, 7) is 1.90. The fraction of sp³-hybridized carbons (Fsp3) is 0.385. The fourth-order valence-electron chi connectivity index (χ4n) is 1.72. The molecule has 21 heavy (non-hydrogen) atoms. The average molecular weight is 315 g/mol. The first-order valence-corrected chi connectivity index (χ1v) is 6.71. The number of benzene rings is 1. The highest BCUT2D eigenvalue weighted by Gasteiger charge is 2.21. The van der Waals surface area contributed by atoms with E-state index in [2.05, 4.69) is 5.32 Å². The summed E-state index contributed by atoms with van der Waals surface area (Å²) in [6, 6.07) is 2.39. The van der Waals surface area contributed by atoms with Gasteiger partial charge in [0, 0.05) is 22.7 Å². The van der Waals surface area contributed by atoms with Crippen molar-refractivity contribution < 1.29 is 19.6 Å².